The minimum absolute atomic E-state index is 0.0999. The van der Waals surface area contributed by atoms with Gasteiger partial charge in [-0.25, -0.2) is 4.79 Å². The molecule has 2 heteroatoms. The number of esters is 1. The van der Waals surface area contributed by atoms with Gasteiger partial charge in [0.15, 0.2) is 0 Å². The first kappa shape index (κ1) is 16.1. The summed E-state index contributed by atoms with van der Waals surface area (Å²) < 4.78 is 5.90. The molecule has 116 valence electrons. The molecule has 1 saturated carbocycles. The molecule has 0 spiro atoms. The van der Waals surface area contributed by atoms with Crippen LogP contribution < -0.4 is 0 Å². The number of carbonyl (C=O) groups excluding carboxylic acids is 1. The summed E-state index contributed by atoms with van der Waals surface area (Å²) in [4.78, 5) is 12.4. The van der Waals surface area contributed by atoms with E-state index in [0.717, 1.165) is 12.8 Å². The summed E-state index contributed by atoms with van der Waals surface area (Å²) in [6.07, 6.45) is 8.24. The number of benzene rings is 1. The second-order valence-corrected chi connectivity index (χ2v) is 6.47. The molecule has 0 aromatic heterocycles. The molecule has 21 heavy (non-hydrogen) atoms. The van der Waals surface area contributed by atoms with Crippen LogP contribution in [0.3, 0.4) is 0 Å². The van der Waals surface area contributed by atoms with E-state index < -0.39 is 0 Å². The third kappa shape index (κ3) is 3.66. The molecule has 2 rings (SSSR count). The SMILES string of the molecule is CCCCC1(CC)CCCC1OC(=O)c1ccc(C)cc1. The Morgan fingerprint density at radius 2 is 2.00 bits per heavy atom. The number of carbonyl (C=O) groups is 1. The molecule has 0 saturated heterocycles. The maximum atomic E-state index is 12.4. The van der Waals surface area contributed by atoms with E-state index >= 15 is 0 Å². The number of rotatable bonds is 6. The normalized spacial score (nSPS) is 25.0. The van der Waals surface area contributed by atoms with Crippen molar-refractivity contribution in [3.63, 3.8) is 0 Å². The molecule has 0 amide bonds. The molecule has 1 aliphatic carbocycles. The number of unbranched alkanes of at least 4 members (excludes halogenated alkanes) is 1. The number of hydrogen-bond acceptors (Lipinski definition) is 2. The minimum atomic E-state index is -0.156. The Hall–Kier alpha value is -1.31. The van der Waals surface area contributed by atoms with Gasteiger partial charge < -0.3 is 4.74 Å². The predicted octanol–water partition coefficient (Wildman–Crippen LogP) is 5.29. The van der Waals surface area contributed by atoms with Crippen LogP contribution in [-0.4, -0.2) is 12.1 Å². The first-order chi connectivity index (χ1) is 10.1. The van der Waals surface area contributed by atoms with Gasteiger partial charge in [0.05, 0.1) is 5.56 Å². The summed E-state index contributed by atoms with van der Waals surface area (Å²) in [7, 11) is 0. The number of aryl methyl sites for hydroxylation is 1. The molecule has 0 aliphatic heterocycles. The molecule has 0 N–H and O–H groups in total. The smallest absolute Gasteiger partial charge is 0.338 e. The Bertz CT molecular complexity index is 463. The van der Waals surface area contributed by atoms with Crippen LogP contribution in [0.25, 0.3) is 0 Å². The lowest BCUT2D eigenvalue weighted by molar-refractivity contribution is -0.0106. The van der Waals surface area contributed by atoms with Crippen LogP contribution in [0.2, 0.25) is 0 Å². The fourth-order valence-electron chi connectivity index (χ4n) is 3.57. The average Bonchev–Trinajstić information content (AvgIpc) is 2.89. The fraction of sp³-hybridized carbons (Fsp3) is 0.632. The topological polar surface area (TPSA) is 26.3 Å². The molecular formula is C19H28O2. The third-order valence-corrected chi connectivity index (χ3v) is 5.09. The molecule has 0 radical (unpaired) electrons. The number of hydrogen-bond donors (Lipinski definition) is 0. The zero-order chi connectivity index (χ0) is 15.3. The van der Waals surface area contributed by atoms with E-state index in [1.807, 2.05) is 31.2 Å². The van der Waals surface area contributed by atoms with Crippen molar-refractivity contribution in [2.75, 3.05) is 0 Å². The van der Waals surface area contributed by atoms with E-state index in [9.17, 15) is 4.79 Å². The van der Waals surface area contributed by atoms with Crippen LogP contribution >= 0.6 is 0 Å². The maximum Gasteiger partial charge on any atom is 0.338 e. The first-order valence-electron chi connectivity index (χ1n) is 8.39. The second kappa shape index (κ2) is 7.11. The van der Waals surface area contributed by atoms with Crippen LogP contribution in [0.15, 0.2) is 24.3 Å². The largest absolute Gasteiger partial charge is 0.458 e. The van der Waals surface area contributed by atoms with Gasteiger partial charge in [0.25, 0.3) is 0 Å². The maximum absolute atomic E-state index is 12.4. The van der Waals surface area contributed by atoms with Gasteiger partial charge in [-0.15, -0.1) is 0 Å². The molecule has 2 atom stereocenters. The fourth-order valence-corrected chi connectivity index (χ4v) is 3.57. The van der Waals surface area contributed by atoms with Crippen LogP contribution in [0.1, 0.15) is 74.7 Å². The second-order valence-electron chi connectivity index (χ2n) is 6.47. The van der Waals surface area contributed by atoms with Gasteiger partial charge in [-0.1, -0.05) is 44.4 Å². The Labute approximate surface area is 128 Å². The van der Waals surface area contributed by atoms with E-state index in [2.05, 4.69) is 13.8 Å². The molecule has 2 unspecified atom stereocenters. The monoisotopic (exact) mass is 288 g/mol. The van der Waals surface area contributed by atoms with Gasteiger partial charge in [0.1, 0.15) is 6.10 Å². The lowest BCUT2D eigenvalue weighted by Gasteiger charge is -2.34. The van der Waals surface area contributed by atoms with Crippen molar-refractivity contribution in [1.82, 2.24) is 0 Å². The van der Waals surface area contributed by atoms with Crippen molar-refractivity contribution in [3.05, 3.63) is 35.4 Å². The summed E-state index contributed by atoms with van der Waals surface area (Å²) in [6, 6.07) is 7.67. The summed E-state index contributed by atoms with van der Waals surface area (Å²) in [5, 5.41) is 0. The highest BCUT2D eigenvalue weighted by Gasteiger charge is 2.43. The Morgan fingerprint density at radius 1 is 1.29 bits per heavy atom. The van der Waals surface area contributed by atoms with Crippen LogP contribution in [0.4, 0.5) is 0 Å². The summed E-state index contributed by atoms with van der Waals surface area (Å²) in [6.45, 7) is 6.50. The molecule has 0 heterocycles. The average molecular weight is 288 g/mol. The first-order valence-corrected chi connectivity index (χ1v) is 8.39. The number of ether oxygens (including phenoxy) is 1. The molecular weight excluding hydrogens is 260 g/mol. The van der Waals surface area contributed by atoms with E-state index in [-0.39, 0.29) is 17.5 Å². The van der Waals surface area contributed by atoms with E-state index in [1.54, 1.807) is 0 Å². The van der Waals surface area contributed by atoms with Crippen molar-refractivity contribution in [2.45, 2.75) is 71.8 Å². The van der Waals surface area contributed by atoms with Gasteiger partial charge in [0, 0.05) is 5.41 Å². The molecule has 0 bridgehead atoms. The van der Waals surface area contributed by atoms with E-state index in [0.29, 0.717) is 5.56 Å². The molecule has 1 aromatic rings. The highest BCUT2D eigenvalue weighted by Crippen LogP contribution is 2.47. The van der Waals surface area contributed by atoms with Crippen LogP contribution in [-0.2, 0) is 4.74 Å². The van der Waals surface area contributed by atoms with E-state index in [1.165, 1.54) is 37.7 Å². The van der Waals surface area contributed by atoms with Crippen molar-refractivity contribution >= 4 is 5.97 Å². The molecule has 1 aliphatic rings. The van der Waals surface area contributed by atoms with Gasteiger partial charge in [-0.2, -0.15) is 0 Å². The Kier molecular flexibility index (Phi) is 5.44. The quantitative estimate of drug-likeness (QED) is 0.665. The lowest BCUT2D eigenvalue weighted by Crippen LogP contribution is -2.33. The summed E-state index contributed by atoms with van der Waals surface area (Å²) in [5.74, 6) is -0.156. The van der Waals surface area contributed by atoms with E-state index in [4.69, 9.17) is 4.74 Å². The highest BCUT2D eigenvalue weighted by molar-refractivity contribution is 5.89. The molecule has 1 fully saturated rings. The minimum Gasteiger partial charge on any atom is -0.458 e. The standard InChI is InChI=1S/C19H28O2/c1-4-6-13-19(5-2)14-7-8-17(19)21-18(20)16-11-9-15(3)10-12-16/h9-12,17H,4-8,13-14H2,1-3H3. The lowest BCUT2D eigenvalue weighted by atomic mass is 9.77. The van der Waals surface area contributed by atoms with Gasteiger partial charge >= 0.3 is 5.97 Å². The predicted molar refractivity (Wildman–Crippen MR) is 86.5 cm³/mol. The van der Waals surface area contributed by atoms with Crippen molar-refractivity contribution in [2.24, 2.45) is 5.41 Å². The van der Waals surface area contributed by atoms with Gasteiger partial charge in [0.2, 0.25) is 0 Å². The van der Waals surface area contributed by atoms with Crippen molar-refractivity contribution in [1.29, 1.82) is 0 Å². The van der Waals surface area contributed by atoms with Crippen molar-refractivity contribution in [3.8, 4) is 0 Å². The van der Waals surface area contributed by atoms with Gasteiger partial charge in [-0.3, -0.25) is 0 Å². The highest BCUT2D eigenvalue weighted by atomic mass is 16.5. The zero-order valence-electron chi connectivity index (χ0n) is 13.7. The van der Waals surface area contributed by atoms with Gasteiger partial charge in [-0.05, 0) is 51.2 Å². The zero-order valence-corrected chi connectivity index (χ0v) is 13.7. The summed E-state index contributed by atoms with van der Waals surface area (Å²) in [5.41, 5.74) is 2.06. The molecule has 2 nitrogen and oxygen atoms in total. The summed E-state index contributed by atoms with van der Waals surface area (Å²) >= 11 is 0. The Balaban J connectivity index is 2.06. The van der Waals surface area contributed by atoms with Crippen LogP contribution in [0.5, 0.6) is 0 Å². The van der Waals surface area contributed by atoms with Crippen LogP contribution in [0, 0.1) is 12.3 Å². The third-order valence-electron chi connectivity index (χ3n) is 5.09. The van der Waals surface area contributed by atoms with Crippen molar-refractivity contribution < 1.29 is 9.53 Å². The molecule has 1 aromatic carbocycles. The Morgan fingerprint density at radius 3 is 2.62 bits per heavy atom.